The van der Waals surface area contributed by atoms with Gasteiger partial charge in [0.1, 0.15) is 6.04 Å². The van der Waals surface area contributed by atoms with Gasteiger partial charge in [-0.2, -0.15) is 0 Å². The van der Waals surface area contributed by atoms with E-state index in [2.05, 4.69) is 73.7 Å². The van der Waals surface area contributed by atoms with Crippen molar-refractivity contribution < 1.29 is 0 Å². The molecule has 3 heterocycles. The van der Waals surface area contributed by atoms with Crippen molar-refractivity contribution in [2.24, 2.45) is 0 Å². The topological polar surface area (TPSA) is 92.6 Å². The molecular weight excluding hydrogens is 498 g/mol. The highest BCUT2D eigenvalue weighted by atomic mass is 16.1. The van der Waals surface area contributed by atoms with Crippen LogP contribution >= 0.6 is 0 Å². The summed E-state index contributed by atoms with van der Waals surface area (Å²) in [5.41, 5.74) is 5.78. The Bertz CT molecular complexity index is 1600. The van der Waals surface area contributed by atoms with E-state index in [0.29, 0.717) is 24.5 Å². The van der Waals surface area contributed by atoms with Crippen molar-refractivity contribution in [3.63, 3.8) is 0 Å². The summed E-state index contributed by atoms with van der Waals surface area (Å²) in [5, 5.41) is 14.4. The molecule has 8 heteroatoms. The number of hydrogen-bond acceptors (Lipinski definition) is 6. The fourth-order valence-electron chi connectivity index (χ4n) is 6.04. The minimum Gasteiger partial charge on any atom is -0.321 e. The Morgan fingerprint density at radius 1 is 0.950 bits per heavy atom. The lowest BCUT2D eigenvalue weighted by Crippen LogP contribution is -2.35. The normalized spacial score (nSPS) is 15.1. The van der Waals surface area contributed by atoms with E-state index >= 15 is 0 Å². The molecule has 0 unspecified atom stereocenters. The number of H-pyrrole nitrogens is 1. The van der Waals surface area contributed by atoms with Gasteiger partial charge in [-0.3, -0.25) is 14.7 Å². The predicted molar refractivity (Wildman–Crippen MR) is 156 cm³/mol. The van der Waals surface area contributed by atoms with Crippen LogP contribution in [0.25, 0.3) is 10.9 Å². The Balaban J connectivity index is 1.55. The third-order valence-electron chi connectivity index (χ3n) is 8.15. The van der Waals surface area contributed by atoms with Crippen LogP contribution in [0.1, 0.15) is 77.8 Å². The third-order valence-corrected chi connectivity index (χ3v) is 8.15. The maximum atomic E-state index is 14.0. The highest BCUT2D eigenvalue weighted by Crippen LogP contribution is 2.35. The number of benzene rings is 2. The summed E-state index contributed by atoms with van der Waals surface area (Å²) < 4.78 is 2.00. The first-order chi connectivity index (χ1) is 19.6. The Labute approximate surface area is 234 Å². The maximum Gasteiger partial charge on any atom is 0.253 e. The van der Waals surface area contributed by atoms with E-state index in [1.807, 2.05) is 42.1 Å². The molecule has 0 amide bonds. The summed E-state index contributed by atoms with van der Waals surface area (Å²) in [4.78, 5) is 23.9. The zero-order chi connectivity index (χ0) is 27.5. The molecule has 0 spiro atoms. The van der Waals surface area contributed by atoms with Crippen molar-refractivity contribution in [3.8, 4) is 0 Å². The lowest BCUT2D eigenvalue weighted by molar-refractivity contribution is 0.186. The van der Waals surface area contributed by atoms with Gasteiger partial charge in [0.05, 0.1) is 11.6 Å². The number of aromatic amines is 1. The maximum absolute atomic E-state index is 14.0. The van der Waals surface area contributed by atoms with Crippen LogP contribution in [-0.2, 0) is 13.1 Å². The molecule has 3 aromatic heterocycles. The number of nitrogens with one attached hydrogen (secondary N) is 1. The molecule has 40 heavy (non-hydrogen) atoms. The standard InChI is InChI=1S/C32H35N7O/c1-22-15-16-23(2)29-27(22)18-28(32(40)34-29)30(31-35-36-37-39(31)26-13-7-4-8-14-26)38(20-24-10-5-3-6-11-24)21-25-12-9-17-33-19-25/h3,5-6,9-12,15-19,26,30H,4,7-8,13-14,20-21H2,1-2H3,(H,34,40)/t30-/m0/s1. The Hall–Kier alpha value is -4.17. The average molecular weight is 534 g/mol. The monoisotopic (exact) mass is 533 g/mol. The van der Waals surface area contributed by atoms with Crippen molar-refractivity contribution in [1.29, 1.82) is 0 Å². The van der Waals surface area contributed by atoms with E-state index in [0.717, 1.165) is 58.8 Å². The van der Waals surface area contributed by atoms with E-state index in [1.54, 1.807) is 6.20 Å². The fourth-order valence-corrected chi connectivity index (χ4v) is 6.04. The minimum atomic E-state index is -0.467. The van der Waals surface area contributed by atoms with Crippen LogP contribution in [0.15, 0.2) is 77.9 Å². The van der Waals surface area contributed by atoms with Gasteiger partial charge in [-0.1, -0.05) is 67.8 Å². The molecule has 5 aromatic rings. The lowest BCUT2D eigenvalue weighted by Gasteiger charge is -2.33. The largest absolute Gasteiger partial charge is 0.321 e. The molecule has 1 fully saturated rings. The van der Waals surface area contributed by atoms with Gasteiger partial charge in [0.25, 0.3) is 5.56 Å². The zero-order valence-electron chi connectivity index (χ0n) is 23.1. The van der Waals surface area contributed by atoms with E-state index in [1.165, 1.54) is 6.42 Å². The molecule has 0 bridgehead atoms. The van der Waals surface area contributed by atoms with Gasteiger partial charge in [0, 0.05) is 36.4 Å². The summed E-state index contributed by atoms with van der Waals surface area (Å²) in [7, 11) is 0. The van der Waals surface area contributed by atoms with Crippen molar-refractivity contribution in [2.45, 2.75) is 71.1 Å². The second-order valence-corrected chi connectivity index (χ2v) is 11.0. The zero-order valence-corrected chi connectivity index (χ0v) is 23.1. The molecule has 204 valence electrons. The molecule has 8 nitrogen and oxygen atoms in total. The van der Waals surface area contributed by atoms with Crippen LogP contribution in [0.4, 0.5) is 0 Å². The molecular formula is C32H35N7O. The first kappa shape index (κ1) is 26.1. The van der Waals surface area contributed by atoms with Crippen LogP contribution in [-0.4, -0.2) is 35.1 Å². The molecule has 1 aliphatic carbocycles. The molecule has 1 N–H and O–H groups in total. The highest BCUT2D eigenvalue weighted by Gasteiger charge is 2.33. The third kappa shape index (κ3) is 5.31. The number of fused-ring (bicyclic) bond motifs is 1. The van der Waals surface area contributed by atoms with Crippen molar-refractivity contribution in [2.75, 3.05) is 0 Å². The molecule has 2 aromatic carbocycles. The summed E-state index contributed by atoms with van der Waals surface area (Å²) in [6.45, 7) is 5.31. The number of pyridine rings is 2. The van der Waals surface area contributed by atoms with Gasteiger partial charge >= 0.3 is 0 Å². The van der Waals surface area contributed by atoms with Crippen LogP contribution < -0.4 is 5.56 Å². The summed E-state index contributed by atoms with van der Waals surface area (Å²) >= 11 is 0. The molecule has 1 atom stereocenters. The number of tetrazole rings is 1. The van der Waals surface area contributed by atoms with Gasteiger partial charge in [-0.05, 0) is 71.5 Å². The number of rotatable bonds is 8. The van der Waals surface area contributed by atoms with Gasteiger partial charge in [-0.25, -0.2) is 4.68 Å². The minimum absolute atomic E-state index is 0.117. The summed E-state index contributed by atoms with van der Waals surface area (Å²) in [5.74, 6) is 0.710. The molecule has 1 saturated carbocycles. The van der Waals surface area contributed by atoms with Crippen LogP contribution in [0, 0.1) is 13.8 Å². The SMILES string of the molecule is Cc1ccc(C)c2[nH]c(=O)c([C@@H](c3nnnn3C3CCCCC3)N(Cc3ccccc3)Cc3cccnc3)cc12. The smallest absolute Gasteiger partial charge is 0.253 e. The molecule has 0 saturated heterocycles. The van der Waals surface area contributed by atoms with E-state index in [9.17, 15) is 4.79 Å². The number of aromatic nitrogens is 6. The van der Waals surface area contributed by atoms with Crippen molar-refractivity contribution in [1.82, 2.24) is 35.1 Å². The number of hydrogen-bond donors (Lipinski definition) is 1. The summed E-state index contributed by atoms with van der Waals surface area (Å²) in [6, 6.07) is 20.4. The first-order valence-electron chi connectivity index (χ1n) is 14.2. The number of nitrogens with zero attached hydrogens (tertiary/aromatic N) is 6. The van der Waals surface area contributed by atoms with Gasteiger partial charge in [0.2, 0.25) is 0 Å². The quantitative estimate of drug-likeness (QED) is 0.270. The second kappa shape index (κ2) is 11.5. The second-order valence-electron chi connectivity index (χ2n) is 11.0. The van der Waals surface area contributed by atoms with Crippen molar-refractivity contribution >= 4 is 10.9 Å². The van der Waals surface area contributed by atoms with Crippen LogP contribution in [0.5, 0.6) is 0 Å². The highest BCUT2D eigenvalue weighted by molar-refractivity contribution is 5.85. The number of aryl methyl sites for hydroxylation is 2. The first-order valence-corrected chi connectivity index (χ1v) is 14.2. The fraction of sp³-hybridized carbons (Fsp3) is 0.344. The van der Waals surface area contributed by atoms with Gasteiger partial charge < -0.3 is 4.98 Å². The Morgan fingerprint density at radius 2 is 1.70 bits per heavy atom. The summed E-state index contributed by atoms with van der Waals surface area (Å²) in [6.07, 6.45) is 9.31. The lowest BCUT2D eigenvalue weighted by atomic mass is 9.94. The average Bonchev–Trinajstić information content (AvgIpc) is 3.47. The van der Waals surface area contributed by atoms with Gasteiger partial charge in [0.15, 0.2) is 5.82 Å². The van der Waals surface area contributed by atoms with Crippen LogP contribution in [0.3, 0.4) is 0 Å². The molecule has 0 radical (unpaired) electrons. The molecule has 1 aliphatic rings. The molecule has 6 rings (SSSR count). The molecule has 0 aliphatic heterocycles. The van der Waals surface area contributed by atoms with Crippen LogP contribution in [0.2, 0.25) is 0 Å². The van der Waals surface area contributed by atoms with Crippen molar-refractivity contribution in [3.05, 3.63) is 117 Å². The van der Waals surface area contributed by atoms with Gasteiger partial charge in [-0.15, -0.1) is 5.10 Å². The Kier molecular flexibility index (Phi) is 7.51. The Morgan fingerprint density at radius 3 is 2.48 bits per heavy atom. The van der Waals surface area contributed by atoms with E-state index in [-0.39, 0.29) is 11.6 Å². The predicted octanol–water partition coefficient (Wildman–Crippen LogP) is 5.82. The van der Waals surface area contributed by atoms with E-state index < -0.39 is 6.04 Å². The van der Waals surface area contributed by atoms with E-state index in [4.69, 9.17) is 0 Å².